The van der Waals surface area contributed by atoms with Crippen LogP contribution in [0.4, 0.5) is 0 Å². The number of H-pyrrole nitrogens is 1. The first-order valence-electron chi connectivity index (χ1n) is 7.73. The number of hydrogen-bond donors (Lipinski definition) is 2. The summed E-state index contributed by atoms with van der Waals surface area (Å²) >= 11 is 5.32. The van der Waals surface area contributed by atoms with Crippen LogP contribution in [-0.4, -0.2) is 25.1 Å². The van der Waals surface area contributed by atoms with Crippen molar-refractivity contribution in [3.8, 4) is 5.75 Å². The third-order valence-electron chi connectivity index (χ3n) is 4.07. The normalized spacial score (nSPS) is 11.6. The number of aromatic amines is 1. The van der Waals surface area contributed by atoms with Crippen molar-refractivity contribution in [3.05, 3.63) is 63.2 Å². The number of nitrogens with two attached hydrogens (primary N) is 1. The molecule has 0 bridgehead atoms. The van der Waals surface area contributed by atoms with Crippen molar-refractivity contribution in [3.63, 3.8) is 0 Å². The minimum atomic E-state index is -3.72. The molecule has 136 valence electrons. The standard InChI is InChI=1S/C17H17N3O4S2/c1-24-14-4-2-3-13-15(14)19-17(25)20(16(13)21)10-9-11-5-7-12(8-6-11)26(18,22)23/h2-8H,9-10H2,1H3,(H,19,25)(H2,18,22,23). The largest absolute Gasteiger partial charge is 0.495 e. The average molecular weight is 391 g/mol. The van der Waals surface area contributed by atoms with Crippen molar-refractivity contribution in [1.82, 2.24) is 9.55 Å². The lowest BCUT2D eigenvalue weighted by Gasteiger charge is -2.10. The fourth-order valence-corrected chi connectivity index (χ4v) is 3.50. The number of fused-ring (bicyclic) bond motifs is 1. The number of aryl methyl sites for hydroxylation is 1. The van der Waals surface area contributed by atoms with Gasteiger partial charge in [0.1, 0.15) is 5.75 Å². The summed E-state index contributed by atoms with van der Waals surface area (Å²) in [6.07, 6.45) is 0.512. The molecule has 0 atom stereocenters. The van der Waals surface area contributed by atoms with Crippen LogP contribution < -0.4 is 15.4 Å². The predicted octanol–water partition coefficient (Wildman–Crippen LogP) is 1.96. The van der Waals surface area contributed by atoms with Gasteiger partial charge in [0.05, 0.1) is 22.9 Å². The number of hydrogen-bond acceptors (Lipinski definition) is 5. The van der Waals surface area contributed by atoms with Crippen molar-refractivity contribution in [1.29, 1.82) is 0 Å². The van der Waals surface area contributed by atoms with Gasteiger partial charge in [-0.2, -0.15) is 0 Å². The number of nitrogens with one attached hydrogen (secondary N) is 1. The number of sulfonamides is 1. The molecular weight excluding hydrogens is 374 g/mol. The van der Waals surface area contributed by atoms with E-state index in [0.717, 1.165) is 5.56 Å². The van der Waals surface area contributed by atoms with E-state index < -0.39 is 10.0 Å². The number of methoxy groups -OCH3 is 1. The molecule has 1 heterocycles. The van der Waals surface area contributed by atoms with E-state index in [4.69, 9.17) is 22.1 Å². The molecule has 0 aliphatic heterocycles. The molecule has 3 aromatic rings. The van der Waals surface area contributed by atoms with Crippen LogP contribution in [0.5, 0.6) is 5.75 Å². The van der Waals surface area contributed by atoms with E-state index in [-0.39, 0.29) is 10.5 Å². The molecule has 9 heteroatoms. The molecule has 0 spiro atoms. The highest BCUT2D eigenvalue weighted by atomic mass is 32.2. The zero-order valence-electron chi connectivity index (χ0n) is 13.9. The Balaban J connectivity index is 1.92. The molecule has 0 unspecified atom stereocenters. The summed E-state index contributed by atoms with van der Waals surface area (Å²) in [4.78, 5) is 15.8. The van der Waals surface area contributed by atoms with Crippen molar-refractivity contribution in [2.45, 2.75) is 17.9 Å². The Morgan fingerprint density at radius 2 is 1.88 bits per heavy atom. The number of primary sulfonamides is 1. The van der Waals surface area contributed by atoms with Crippen LogP contribution in [0.25, 0.3) is 10.9 Å². The van der Waals surface area contributed by atoms with Gasteiger partial charge in [0.15, 0.2) is 4.77 Å². The number of ether oxygens (including phenoxy) is 1. The maximum absolute atomic E-state index is 12.7. The minimum absolute atomic E-state index is 0.0495. The fourth-order valence-electron chi connectivity index (χ4n) is 2.71. The predicted molar refractivity (Wildman–Crippen MR) is 101 cm³/mol. The zero-order valence-corrected chi connectivity index (χ0v) is 15.6. The van der Waals surface area contributed by atoms with Gasteiger partial charge in [0.25, 0.3) is 5.56 Å². The van der Waals surface area contributed by atoms with Crippen LogP contribution in [0.15, 0.2) is 52.2 Å². The molecule has 0 aliphatic rings. The van der Waals surface area contributed by atoms with Crippen molar-refractivity contribution >= 4 is 33.1 Å². The summed E-state index contributed by atoms with van der Waals surface area (Å²) < 4.78 is 29.6. The van der Waals surface area contributed by atoms with E-state index in [1.165, 1.54) is 23.8 Å². The van der Waals surface area contributed by atoms with Gasteiger partial charge in [-0.1, -0.05) is 18.2 Å². The molecule has 0 aliphatic carbocycles. The number of para-hydroxylation sites is 1. The minimum Gasteiger partial charge on any atom is -0.495 e. The second-order valence-electron chi connectivity index (χ2n) is 5.71. The first kappa shape index (κ1) is 18.3. The molecule has 3 N–H and O–H groups in total. The summed E-state index contributed by atoms with van der Waals surface area (Å²) in [5.74, 6) is 0.552. The maximum Gasteiger partial charge on any atom is 0.262 e. The summed E-state index contributed by atoms with van der Waals surface area (Å²) in [5.41, 5.74) is 1.23. The lowest BCUT2D eigenvalue weighted by atomic mass is 10.1. The molecule has 26 heavy (non-hydrogen) atoms. The molecular formula is C17H17N3O4S2. The number of nitrogens with zero attached hydrogens (tertiary/aromatic N) is 1. The van der Waals surface area contributed by atoms with Crippen LogP contribution in [-0.2, 0) is 23.0 Å². The molecule has 0 fully saturated rings. The quantitative estimate of drug-likeness (QED) is 0.647. The highest BCUT2D eigenvalue weighted by Gasteiger charge is 2.10. The van der Waals surface area contributed by atoms with Gasteiger partial charge < -0.3 is 9.72 Å². The van der Waals surface area contributed by atoms with E-state index in [1.54, 1.807) is 30.3 Å². The average Bonchev–Trinajstić information content (AvgIpc) is 2.61. The Morgan fingerprint density at radius 1 is 1.19 bits per heavy atom. The van der Waals surface area contributed by atoms with Crippen LogP contribution in [0.2, 0.25) is 0 Å². The van der Waals surface area contributed by atoms with Gasteiger partial charge in [0.2, 0.25) is 10.0 Å². The van der Waals surface area contributed by atoms with Crippen LogP contribution in [0, 0.1) is 4.77 Å². The Kier molecular flexibility index (Phi) is 4.94. The van der Waals surface area contributed by atoms with E-state index in [2.05, 4.69) is 4.98 Å². The number of aromatic nitrogens is 2. The van der Waals surface area contributed by atoms with Gasteiger partial charge >= 0.3 is 0 Å². The first-order valence-corrected chi connectivity index (χ1v) is 9.68. The Hall–Kier alpha value is -2.49. The maximum atomic E-state index is 12.7. The third kappa shape index (κ3) is 3.55. The van der Waals surface area contributed by atoms with Crippen LogP contribution in [0.1, 0.15) is 5.56 Å². The Morgan fingerprint density at radius 3 is 2.50 bits per heavy atom. The zero-order chi connectivity index (χ0) is 18.9. The molecule has 1 aromatic heterocycles. The Labute approximate surface area is 155 Å². The molecule has 0 amide bonds. The van der Waals surface area contributed by atoms with Crippen molar-refractivity contribution < 1.29 is 13.2 Å². The number of rotatable bonds is 5. The summed E-state index contributed by atoms with van der Waals surface area (Å²) in [5, 5.41) is 5.58. The molecule has 0 radical (unpaired) electrons. The summed E-state index contributed by atoms with van der Waals surface area (Å²) in [6, 6.07) is 11.4. The van der Waals surface area contributed by atoms with Crippen molar-refractivity contribution in [2.75, 3.05) is 7.11 Å². The monoisotopic (exact) mass is 391 g/mol. The highest BCUT2D eigenvalue weighted by Crippen LogP contribution is 2.20. The first-order chi connectivity index (χ1) is 12.3. The lowest BCUT2D eigenvalue weighted by Crippen LogP contribution is -2.23. The molecule has 0 saturated heterocycles. The van der Waals surface area contributed by atoms with Gasteiger partial charge in [-0.15, -0.1) is 0 Å². The van der Waals surface area contributed by atoms with Crippen LogP contribution >= 0.6 is 12.2 Å². The fraction of sp³-hybridized carbons (Fsp3) is 0.176. The smallest absolute Gasteiger partial charge is 0.262 e. The van der Waals surface area contributed by atoms with Gasteiger partial charge in [-0.05, 0) is 48.5 Å². The highest BCUT2D eigenvalue weighted by molar-refractivity contribution is 7.89. The molecule has 7 nitrogen and oxygen atoms in total. The van der Waals surface area contributed by atoms with Gasteiger partial charge in [-0.3, -0.25) is 9.36 Å². The van der Waals surface area contributed by atoms with E-state index in [0.29, 0.717) is 34.4 Å². The van der Waals surface area contributed by atoms with Crippen molar-refractivity contribution in [2.24, 2.45) is 5.14 Å². The third-order valence-corrected chi connectivity index (χ3v) is 5.33. The molecule has 2 aromatic carbocycles. The van der Waals surface area contributed by atoms with Gasteiger partial charge in [0, 0.05) is 6.54 Å². The summed E-state index contributed by atoms with van der Waals surface area (Å²) in [7, 11) is -2.19. The second-order valence-corrected chi connectivity index (χ2v) is 7.66. The molecule has 3 rings (SSSR count). The SMILES string of the molecule is COc1cccc2c(=O)n(CCc3ccc(S(N)(=O)=O)cc3)c(=S)[nH]c12. The lowest BCUT2D eigenvalue weighted by molar-refractivity contribution is 0.418. The number of benzene rings is 2. The summed E-state index contributed by atoms with van der Waals surface area (Å²) in [6.45, 7) is 0.357. The van der Waals surface area contributed by atoms with Crippen LogP contribution in [0.3, 0.4) is 0 Å². The second kappa shape index (κ2) is 7.02. The van der Waals surface area contributed by atoms with E-state index in [9.17, 15) is 13.2 Å². The molecule has 0 saturated carbocycles. The van der Waals surface area contributed by atoms with E-state index in [1.807, 2.05) is 0 Å². The van der Waals surface area contributed by atoms with Gasteiger partial charge in [-0.25, -0.2) is 13.6 Å². The Bertz CT molecular complexity index is 1180. The topological polar surface area (TPSA) is 107 Å². The van der Waals surface area contributed by atoms with E-state index >= 15 is 0 Å².